The van der Waals surface area contributed by atoms with E-state index in [-0.39, 0.29) is 18.1 Å². The minimum Gasteiger partial charge on any atom is -0.322 e. The second kappa shape index (κ2) is 5.77. The largest absolute Gasteiger partial charge is 0.322 e. The maximum absolute atomic E-state index is 13.6. The van der Waals surface area contributed by atoms with E-state index >= 15 is 0 Å². The van der Waals surface area contributed by atoms with Gasteiger partial charge in [-0.3, -0.25) is 4.79 Å². The predicted molar refractivity (Wildman–Crippen MR) is 84.5 cm³/mol. The van der Waals surface area contributed by atoms with Gasteiger partial charge >= 0.3 is 0 Å². The summed E-state index contributed by atoms with van der Waals surface area (Å²) in [6.07, 6.45) is 0. The average molecular weight is 318 g/mol. The van der Waals surface area contributed by atoms with Crippen molar-refractivity contribution in [3.8, 4) is 0 Å². The van der Waals surface area contributed by atoms with Gasteiger partial charge in [0.05, 0.1) is 16.7 Å². The number of halogens is 2. The van der Waals surface area contributed by atoms with Crippen LogP contribution >= 0.6 is 11.6 Å². The van der Waals surface area contributed by atoms with Gasteiger partial charge in [0.15, 0.2) is 0 Å². The molecule has 4 nitrogen and oxygen atoms in total. The quantitative estimate of drug-likeness (QED) is 0.799. The molecule has 3 aromatic rings. The molecular weight excluding hydrogens is 305 g/mol. The van der Waals surface area contributed by atoms with Gasteiger partial charge in [0.2, 0.25) is 5.91 Å². The topological polar surface area (TPSA) is 46.9 Å². The van der Waals surface area contributed by atoms with Gasteiger partial charge in [0, 0.05) is 5.02 Å². The first-order valence-electron chi connectivity index (χ1n) is 6.71. The number of nitrogens with zero attached hydrogens (tertiary/aromatic N) is 2. The molecule has 0 saturated carbocycles. The maximum Gasteiger partial charge on any atom is 0.244 e. The lowest BCUT2D eigenvalue weighted by molar-refractivity contribution is -0.116. The fourth-order valence-electron chi connectivity index (χ4n) is 2.32. The summed E-state index contributed by atoms with van der Waals surface area (Å²) < 4.78 is 15.4. The predicted octanol–water partition coefficient (Wildman–Crippen LogP) is 3.78. The van der Waals surface area contributed by atoms with Gasteiger partial charge in [-0.25, -0.2) is 9.37 Å². The second-order valence-electron chi connectivity index (χ2n) is 4.91. The summed E-state index contributed by atoms with van der Waals surface area (Å²) in [5.41, 5.74) is 1.75. The van der Waals surface area contributed by atoms with E-state index in [4.69, 9.17) is 11.6 Å². The number of para-hydroxylation sites is 2. The van der Waals surface area contributed by atoms with E-state index in [1.54, 1.807) is 4.57 Å². The fourth-order valence-corrected chi connectivity index (χ4v) is 2.49. The van der Waals surface area contributed by atoms with E-state index < -0.39 is 5.82 Å². The Morgan fingerprint density at radius 1 is 1.32 bits per heavy atom. The van der Waals surface area contributed by atoms with Gasteiger partial charge in [-0.05, 0) is 37.3 Å². The van der Waals surface area contributed by atoms with Crippen LogP contribution in [0, 0.1) is 12.7 Å². The number of fused-ring (bicyclic) bond motifs is 1. The number of benzene rings is 2. The van der Waals surface area contributed by atoms with E-state index in [0.29, 0.717) is 5.02 Å². The summed E-state index contributed by atoms with van der Waals surface area (Å²) >= 11 is 5.81. The zero-order valence-corrected chi connectivity index (χ0v) is 12.6. The zero-order chi connectivity index (χ0) is 15.7. The summed E-state index contributed by atoms with van der Waals surface area (Å²) in [7, 11) is 0. The molecule has 1 aromatic heterocycles. The summed E-state index contributed by atoms with van der Waals surface area (Å²) in [6, 6.07) is 11.6. The zero-order valence-electron chi connectivity index (χ0n) is 11.8. The molecule has 1 amide bonds. The first-order valence-corrected chi connectivity index (χ1v) is 7.09. The number of anilines is 1. The van der Waals surface area contributed by atoms with Crippen LogP contribution in [0.3, 0.4) is 0 Å². The second-order valence-corrected chi connectivity index (χ2v) is 5.34. The van der Waals surface area contributed by atoms with Crippen LogP contribution in [0.25, 0.3) is 11.0 Å². The Balaban J connectivity index is 1.84. The van der Waals surface area contributed by atoms with Crippen molar-refractivity contribution in [3.05, 3.63) is 59.1 Å². The molecule has 0 radical (unpaired) electrons. The number of carbonyl (C=O) groups excluding carboxylic acids is 1. The molecule has 0 fully saturated rings. The van der Waals surface area contributed by atoms with Crippen LogP contribution in [0.2, 0.25) is 5.02 Å². The fraction of sp³-hybridized carbons (Fsp3) is 0.125. The lowest BCUT2D eigenvalue weighted by atomic mass is 10.3. The van der Waals surface area contributed by atoms with E-state index in [2.05, 4.69) is 10.3 Å². The SMILES string of the molecule is Cc1nc2ccccc2n1CC(=O)Nc1cc(Cl)ccc1F. The molecule has 1 heterocycles. The van der Waals surface area contributed by atoms with Crippen LogP contribution in [0.5, 0.6) is 0 Å². The van der Waals surface area contributed by atoms with Crippen LogP contribution in [0.4, 0.5) is 10.1 Å². The number of aryl methyl sites for hydroxylation is 1. The Hall–Kier alpha value is -2.40. The van der Waals surface area contributed by atoms with Crippen molar-refractivity contribution < 1.29 is 9.18 Å². The highest BCUT2D eigenvalue weighted by atomic mass is 35.5. The van der Waals surface area contributed by atoms with Crippen LogP contribution in [0.15, 0.2) is 42.5 Å². The smallest absolute Gasteiger partial charge is 0.244 e. The Morgan fingerprint density at radius 3 is 2.91 bits per heavy atom. The number of nitrogens with one attached hydrogen (secondary N) is 1. The number of hydrogen-bond acceptors (Lipinski definition) is 2. The van der Waals surface area contributed by atoms with Crippen molar-refractivity contribution >= 4 is 34.2 Å². The number of carbonyl (C=O) groups is 1. The third kappa shape index (κ3) is 2.80. The molecular formula is C16H13ClFN3O. The number of amides is 1. The monoisotopic (exact) mass is 317 g/mol. The highest BCUT2D eigenvalue weighted by molar-refractivity contribution is 6.30. The first-order chi connectivity index (χ1) is 10.5. The number of imidazole rings is 1. The Bertz CT molecular complexity index is 860. The lowest BCUT2D eigenvalue weighted by Crippen LogP contribution is -2.20. The molecule has 0 aliphatic rings. The first kappa shape index (κ1) is 14.5. The molecule has 2 aromatic carbocycles. The molecule has 0 aliphatic heterocycles. The molecule has 6 heteroatoms. The summed E-state index contributed by atoms with van der Waals surface area (Å²) in [6.45, 7) is 1.88. The minimum atomic E-state index is -0.523. The standard InChI is InChI=1S/C16H13ClFN3O/c1-10-19-13-4-2-3-5-15(13)21(10)9-16(22)20-14-8-11(17)6-7-12(14)18/h2-8H,9H2,1H3,(H,20,22). The Kier molecular flexibility index (Phi) is 3.81. The van der Waals surface area contributed by atoms with Crippen molar-refractivity contribution in [2.75, 3.05) is 5.32 Å². The number of rotatable bonds is 3. The molecule has 22 heavy (non-hydrogen) atoms. The van der Waals surface area contributed by atoms with E-state index in [1.165, 1.54) is 18.2 Å². The molecule has 112 valence electrons. The van der Waals surface area contributed by atoms with E-state index in [9.17, 15) is 9.18 Å². The lowest BCUT2D eigenvalue weighted by Gasteiger charge is -2.09. The molecule has 3 rings (SSSR count). The highest BCUT2D eigenvalue weighted by Crippen LogP contribution is 2.20. The molecule has 0 bridgehead atoms. The summed E-state index contributed by atoms with van der Waals surface area (Å²) in [5, 5.41) is 2.90. The molecule has 0 saturated heterocycles. The molecule has 1 N–H and O–H groups in total. The Morgan fingerprint density at radius 2 is 2.09 bits per heavy atom. The minimum absolute atomic E-state index is 0.0539. The number of hydrogen-bond donors (Lipinski definition) is 1. The van der Waals surface area contributed by atoms with Crippen molar-refractivity contribution in [2.45, 2.75) is 13.5 Å². The van der Waals surface area contributed by atoms with Crippen LogP contribution in [0.1, 0.15) is 5.82 Å². The van der Waals surface area contributed by atoms with Crippen LogP contribution in [-0.2, 0) is 11.3 Å². The van der Waals surface area contributed by atoms with Crippen molar-refractivity contribution in [3.63, 3.8) is 0 Å². The normalized spacial score (nSPS) is 10.9. The van der Waals surface area contributed by atoms with Gasteiger partial charge in [-0.1, -0.05) is 23.7 Å². The molecule has 0 spiro atoms. The third-order valence-corrected chi connectivity index (χ3v) is 3.58. The highest BCUT2D eigenvalue weighted by Gasteiger charge is 2.12. The van der Waals surface area contributed by atoms with Crippen molar-refractivity contribution in [2.24, 2.45) is 0 Å². The van der Waals surface area contributed by atoms with Gasteiger partial charge in [-0.15, -0.1) is 0 Å². The van der Waals surface area contributed by atoms with Crippen LogP contribution in [-0.4, -0.2) is 15.5 Å². The van der Waals surface area contributed by atoms with Gasteiger partial charge < -0.3 is 9.88 Å². The van der Waals surface area contributed by atoms with Crippen LogP contribution < -0.4 is 5.32 Å². The van der Waals surface area contributed by atoms with E-state index in [0.717, 1.165) is 16.9 Å². The average Bonchev–Trinajstić information content (AvgIpc) is 2.79. The van der Waals surface area contributed by atoms with Gasteiger partial charge in [0.25, 0.3) is 0 Å². The third-order valence-electron chi connectivity index (χ3n) is 3.35. The molecule has 0 aliphatic carbocycles. The van der Waals surface area contributed by atoms with E-state index in [1.807, 2.05) is 31.2 Å². The van der Waals surface area contributed by atoms with Crippen molar-refractivity contribution in [1.29, 1.82) is 0 Å². The number of aromatic nitrogens is 2. The maximum atomic E-state index is 13.6. The molecule has 0 atom stereocenters. The Labute approximate surface area is 131 Å². The van der Waals surface area contributed by atoms with Gasteiger partial charge in [0.1, 0.15) is 18.2 Å². The van der Waals surface area contributed by atoms with Crippen molar-refractivity contribution in [1.82, 2.24) is 9.55 Å². The summed E-state index contributed by atoms with van der Waals surface area (Å²) in [5.74, 6) is -0.139. The van der Waals surface area contributed by atoms with Gasteiger partial charge in [-0.2, -0.15) is 0 Å². The molecule has 0 unspecified atom stereocenters. The summed E-state index contributed by atoms with van der Waals surface area (Å²) in [4.78, 5) is 16.6.